The molecular weight excluding hydrogens is 275 g/mol. The number of carbonyl (C=O) groups is 2. The molecule has 0 radical (unpaired) electrons. The summed E-state index contributed by atoms with van der Waals surface area (Å²) in [6.45, 7) is 0. The molecule has 7 heteroatoms. The lowest BCUT2D eigenvalue weighted by molar-refractivity contribution is -0.146. The van der Waals surface area contributed by atoms with E-state index in [0.29, 0.717) is 5.56 Å². The molecule has 0 bridgehead atoms. The fourth-order valence-corrected chi connectivity index (χ4v) is 1.57. The molecule has 0 heterocycles. The molecule has 0 aliphatic carbocycles. The van der Waals surface area contributed by atoms with Crippen LogP contribution in [-0.4, -0.2) is 29.2 Å². The summed E-state index contributed by atoms with van der Waals surface area (Å²) < 4.78 is 35.9. The van der Waals surface area contributed by atoms with Gasteiger partial charge in [-0.15, -0.1) is 0 Å². The largest absolute Gasteiger partial charge is 0.480 e. The monoisotopic (exact) mass is 289 g/mol. The average molecular weight is 289 g/mol. The highest BCUT2D eigenvalue weighted by molar-refractivity contribution is 5.83. The molecular formula is C13H14F3NO3. The molecule has 110 valence electrons. The molecule has 1 atom stereocenters. The van der Waals surface area contributed by atoms with Crippen LogP contribution in [0.3, 0.4) is 0 Å². The number of carboxylic acids is 1. The molecule has 1 aromatic rings. The molecule has 0 saturated heterocycles. The lowest BCUT2D eigenvalue weighted by Gasteiger charge is -2.15. The van der Waals surface area contributed by atoms with Gasteiger partial charge in [0.2, 0.25) is 5.91 Å². The molecule has 0 aromatic heterocycles. The zero-order valence-corrected chi connectivity index (χ0v) is 10.5. The van der Waals surface area contributed by atoms with Crippen LogP contribution < -0.4 is 5.32 Å². The fraction of sp³-hybridized carbons (Fsp3) is 0.385. The van der Waals surface area contributed by atoms with Gasteiger partial charge in [0, 0.05) is 12.8 Å². The van der Waals surface area contributed by atoms with Crippen LogP contribution >= 0.6 is 0 Å². The molecule has 0 aliphatic heterocycles. The second-order valence-electron chi connectivity index (χ2n) is 4.26. The Bertz CT molecular complexity index is 460. The quantitative estimate of drug-likeness (QED) is 0.843. The van der Waals surface area contributed by atoms with Crippen molar-refractivity contribution in [3.8, 4) is 0 Å². The fourth-order valence-electron chi connectivity index (χ4n) is 1.57. The number of rotatable bonds is 6. The molecule has 0 saturated carbocycles. The van der Waals surface area contributed by atoms with Crippen molar-refractivity contribution in [1.82, 2.24) is 5.32 Å². The predicted octanol–water partition coefficient (Wildman–Crippen LogP) is 2.14. The van der Waals surface area contributed by atoms with Crippen LogP contribution in [0.25, 0.3) is 0 Å². The van der Waals surface area contributed by atoms with Crippen molar-refractivity contribution in [3.63, 3.8) is 0 Å². The van der Waals surface area contributed by atoms with E-state index in [1.54, 1.807) is 30.3 Å². The van der Waals surface area contributed by atoms with E-state index in [0.717, 1.165) is 0 Å². The number of nitrogens with one attached hydrogen (secondary N) is 1. The Hall–Kier alpha value is -2.05. The Balaban J connectivity index is 2.55. The van der Waals surface area contributed by atoms with Crippen LogP contribution in [0, 0.1) is 0 Å². The number of benzene rings is 1. The Kier molecular flexibility index (Phi) is 5.54. The van der Waals surface area contributed by atoms with E-state index in [2.05, 4.69) is 5.32 Å². The highest BCUT2D eigenvalue weighted by Gasteiger charge is 2.29. The molecule has 0 aliphatic rings. The zero-order valence-electron chi connectivity index (χ0n) is 10.5. The Morgan fingerprint density at radius 2 is 1.80 bits per heavy atom. The summed E-state index contributed by atoms with van der Waals surface area (Å²) in [7, 11) is 0. The van der Waals surface area contributed by atoms with Crippen LogP contribution in [0.5, 0.6) is 0 Å². The van der Waals surface area contributed by atoms with Gasteiger partial charge >= 0.3 is 12.1 Å². The standard InChI is InChI=1S/C13H14F3NO3/c14-13(15,16)7-6-11(18)17-10(12(19)20)8-9-4-2-1-3-5-9/h1-5,10H,6-8H2,(H,17,18)(H,19,20)/t10-/m1/s1. The van der Waals surface area contributed by atoms with Gasteiger partial charge in [-0.3, -0.25) is 4.79 Å². The van der Waals surface area contributed by atoms with Crippen molar-refractivity contribution in [1.29, 1.82) is 0 Å². The van der Waals surface area contributed by atoms with Gasteiger partial charge in [0.25, 0.3) is 0 Å². The number of alkyl halides is 3. The molecule has 2 N–H and O–H groups in total. The summed E-state index contributed by atoms with van der Waals surface area (Å²) in [5, 5.41) is 11.1. The minimum absolute atomic E-state index is 0.0218. The van der Waals surface area contributed by atoms with E-state index in [4.69, 9.17) is 5.11 Å². The van der Waals surface area contributed by atoms with Crippen molar-refractivity contribution in [2.24, 2.45) is 0 Å². The molecule has 1 amide bonds. The lowest BCUT2D eigenvalue weighted by atomic mass is 10.1. The number of halogens is 3. The van der Waals surface area contributed by atoms with Gasteiger partial charge in [0.05, 0.1) is 6.42 Å². The number of carboxylic acid groups (broad SMARTS) is 1. The first-order chi connectivity index (χ1) is 9.28. The van der Waals surface area contributed by atoms with Crippen LogP contribution in [0.1, 0.15) is 18.4 Å². The third kappa shape index (κ3) is 6.21. The van der Waals surface area contributed by atoms with E-state index >= 15 is 0 Å². The highest BCUT2D eigenvalue weighted by atomic mass is 19.4. The number of hydrogen-bond acceptors (Lipinski definition) is 2. The van der Waals surface area contributed by atoms with Gasteiger partial charge in [-0.05, 0) is 5.56 Å². The minimum atomic E-state index is -4.44. The van der Waals surface area contributed by atoms with E-state index in [1.165, 1.54) is 0 Å². The number of amides is 1. The highest BCUT2D eigenvalue weighted by Crippen LogP contribution is 2.21. The van der Waals surface area contributed by atoms with Crippen molar-refractivity contribution in [2.45, 2.75) is 31.5 Å². The van der Waals surface area contributed by atoms with Gasteiger partial charge in [-0.1, -0.05) is 30.3 Å². The maximum Gasteiger partial charge on any atom is 0.389 e. The van der Waals surface area contributed by atoms with Gasteiger partial charge in [-0.25, -0.2) is 4.79 Å². The van der Waals surface area contributed by atoms with Crippen LogP contribution in [0.2, 0.25) is 0 Å². The van der Waals surface area contributed by atoms with E-state index in [9.17, 15) is 22.8 Å². The Morgan fingerprint density at radius 1 is 1.20 bits per heavy atom. The predicted molar refractivity (Wildman–Crippen MR) is 65.0 cm³/mol. The van der Waals surface area contributed by atoms with Crippen molar-refractivity contribution in [3.05, 3.63) is 35.9 Å². The van der Waals surface area contributed by atoms with Crippen LogP contribution in [0.15, 0.2) is 30.3 Å². The smallest absolute Gasteiger partial charge is 0.389 e. The SMILES string of the molecule is O=C(CCC(F)(F)F)N[C@H](Cc1ccccc1)C(=O)O. The van der Waals surface area contributed by atoms with Crippen LogP contribution in [-0.2, 0) is 16.0 Å². The van der Waals surface area contributed by atoms with Crippen LogP contribution in [0.4, 0.5) is 13.2 Å². The average Bonchev–Trinajstić information content (AvgIpc) is 2.36. The summed E-state index contributed by atoms with van der Waals surface area (Å²) in [6, 6.07) is 7.29. The van der Waals surface area contributed by atoms with Crippen molar-refractivity contribution in [2.75, 3.05) is 0 Å². The molecule has 1 aromatic carbocycles. The first kappa shape index (κ1) is 16.0. The maximum atomic E-state index is 12.0. The van der Waals surface area contributed by atoms with E-state index < -0.39 is 36.9 Å². The summed E-state index contributed by atoms with van der Waals surface area (Å²) in [5.74, 6) is -2.21. The minimum Gasteiger partial charge on any atom is -0.480 e. The first-order valence-electron chi connectivity index (χ1n) is 5.91. The third-order valence-electron chi connectivity index (χ3n) is 2.55. The molecule has 1 rings (SSSR count). The van der Waals surface area contributed by atoms with E-state index in [-0.39, 0.29) is 6.42 Å². The molecule has 20 heavy (non-hydrogen) atoms. The van der Waals surface area contributed by atoms with Gasteiger partial charge in [-0.2, -0.15) is 13.2 Å². The maximum absolute atomic E-state index is 12.0. The third-order valence-corrected chi connectivity index (χ3v) is 2.55. The summed E-state index contributed by atoms with van der Waals surface area (Å²) in [6.07, 6.45) is -6.46. The van der Waals surface area contributed by atoms with Gasteiger partial charge in [0.1, 0.15) is 6.04 Å². The Labute approximate surface area is 113 Å². The second-order valence-corrected chi connectivity index (χ2v) is 4.26. The molecule has 4 nitrogen and oxygen atoms in total. The molecule has 0 spiro atoms. The number of aliphatic carboxylic acids is 1. The number of hydrogen-bond donors (Lipinski definition) is 2. The van der Waals surface area contributed by atoms with Crippen molar-refractivity contribution >= 4 is 11.9 Å². The first-order valence-corrected chi connectivity index (χ1v) is 5.91. The lowest BCUT2D eigenvalue weighted by Crippen LogP contribution is -2.42. The van der Waals surface area contributed by atoms with E-state index in [1.807, 2.05) is 0 Å². The zero-order chi connectivity index (χ0) is 15.2. The molecule has 0 fully saturated rings. The summed E-state index contributed by atoms with van der Waals surface area (Å²) >= 11 is 0. The second kappa shape index (κ2) is 6.93. The summed E-state index contributed by atoms with van der Waals surface area (Å²) in [5.41, 5.74) is 0.677. The Morgan fingerprint density at radius 3 is 2.30 bits per heavy atom. The van der Waals surface area contributed by atoms with Crippen molar-refractivity contribution < 1.29 is 27.9 Å². The molecule has 0 unspecified atom stereocenters. The normalized spacial score (nSPS) is 12.8. The summed E-state index contributed by atoms with van der Waals surface area (Å²) in [4.78, 5) is 22.3. The van der Waals surface area contributed by atoms with Gasteiger partial charge < -0.3 is 10.4 Å². The van der Waals surface area contributed by atoms with Gasteiger partial charge in [0.15, 0.2) is 0 Å². The topological polar surface area (TPSA) is 66.4 Å². The number of carbonyl (C=O) groups excluding carboxylic acids is 1.